The number of carbonyl (C=O) groups is 1. The summed E-state index contributed by atoms with van der Waals surface area (Å²) in [6, 6.07) is 2.01. The molecule has 0 saturated carbocycles. The zero-order valence-electron chi connectivity index (χ0n) is 13.2. The second-order valence-electron chi connectivity index (χ2n) is 6.07. The largest absolute Gasteiger partial charge is 0.342 e. The number of likely N-dealkylation sites (tertiary alicyclic amines) is 1. The molecule has 0 spiro atoms. The fourth-order valence-corrected chi connectivity index (χ4v) is 3.14. The minimum absolute atomic E-state index is 0.243. The first-order valence-corrected chi connectivity index (χ1v) is 7.89. The van der Waals surface area contributed by atoms with Gasteiger partial charge < -0.3 is 4.90 Å². The van der Waals surface area contributed by atoms with Gasteiger partial charge in [-0.25, -0.2) is 0 Å². The third-order valence-corrected chi connectivity index (χ3v) is 4.68. The topological polar surface area (TPSA) is 66.8 Å². The van der Waals surface area contributed by atoms with Crippen molar-refractivity contribution in [3.05, 3.63) is 35.4 Å². The van der Waals surface area contributed by atoms with Crippen molar-refractivity contribution in [2.24, 2.45) is 7.05 Å². The van der Waals surface area contributed by atoms with Crippen molar-refractivity contribution in [1.82, 2.24) is 24.9 Å². The van der Waals surface area contributed by atoms with Crippen LogP contribution in [-0.2, 0) is 18.3 Å². The molecule has 118 valence electrons. The molecule has 1 N–H and O–H groups in total. The first-order valence-electron chi connectivity index (χ1n) is 7.89. The van der Waals surface area contributed by atoms with Gasteiger partial charge in [0.05, 0.1) is 6.20 Å². The van der Waals surface area contributed by atoms with Crippen LogP contribution >= 0.6 is 0 Å². The lowest BCUT2D eigenvalue weighted by Crippen LogP contribution is -2.39. The first kappa shape index (κ1) is 14.8. The summed E-state index contributed by atoms with van der Waals surface area (Å²) in [5.74, 6) is 0.632. The molecule has 1 unspecified atom stereocenters. The van der Waals surface area contributed by atoms with E-state index in [9.17, 15) is 4.79 Å². The van der Waals surface area contributed by atoms with Crippen LogP contribution < -0.4 is 0 Å². The van der Waals surface area contributed by atoms with E-state index in [1.807, 2.05) is 35.8 Å². The molecule has 3 rings (SSSR count). The van der Waals surface area contributed by atoms with E-state index in [4.69, 9.17) is 0 Å². The maximum atomic E-state index is 12.5. The highest BCUT2D eigenvalue weighted by molar-refractivity contribution is 5.76. The van der Waals surface area contributed by atoms with Crippen molar-refractivity contribution in [2.45, 2.75) is 38.5 Å². The van der Waals surface area contributed by atoms with Gasteiger partial charge >= 0.3 is 0 Å². The average Bonchev–Trinajstić information content (AvgIpc) is 3.17. The second-order valence-corrected chi connectivity index (χ2v) is 6.07. The monoisotopic (exact) mass is 301 g/mol. The van der Waals surface area contributed by atoms with Gasteiger partial charge in [-0.1, -0.05) is 0 Å². The molecule has 1 fully saturated rings. The number of piperidine rings is 1. The van der Waals surface area contributed by atoms with Gasteiger partial charge in [-0.3, -0.25) is 14.6 Å². The number of carbonyl (C=O) groups excluding carboxylic acids is 1. The molecule has 0 radical (unpaired) electrons. The van der Waals surface area contributed by atoms with E-state index in [2.05, 4.69) is 15.3 Å². The predicted molar refractivity (Wildman–Crippen MR) is 83.4 cm³/mol. The SMILES string of the molecule is Cc1c(CCC(=O)N2CCCC(c3ccn[nH]3)C2)cnn1C. The molecule has 0 bridgehead atoms. The maximum absolute atomic E-state index is 12.5. The molecular formula is C16H23N5O. The van der Waals surface area contributed by atoms with Crippen LogP contribution in [0.1, 0.15) is 42.1 Å². The Labute approximate surface area is 130 Å². The highest BCUT2D eigenvalue weighted by Crippen LogP contribution is 2.25. The van der Waals surface area contributed by atoms with Crippen LogP contribution in [0.15, 0.2) is 18.5 Å². The van der Waals surface area contributed by atoms with Crippen LogP contribution in [0, 0.1) is 6.92 Å². The van der Waals surface area contributed by atoms with Crippen LogP contribution in [0.5, 0.6) is 0 Å². The van der Waals surface area contributed by atoms with Gasteiger partial charge in [-0.15, -0.1) is 0 Å². The molecule has 2 aromatic heterocycles. The quantitative estimate of drug-likeness (QED) is 0.936. The highest BCUT2D eigenvalue weighted by atomic mass is 16.2. The molecule has 22 heavy (non-hydrogen) atoms. The van der Waals surface area contributed by atoms with Gasteiger partial charge in [-0.2, -0.15) is 10.2 Å². The van der Waals surface area contributed by atoms with Crippen LogP contribution in [0.4, 0.5) is 0 Å². The summed E-state index contributed by atoms with van der Waals surface area (Å²) in [5.41, 5.74) is 3.44. The number of aromatic amines is 1. The summed E-state index contributed by atoms with van der Waals surface area (Å²) in [4.78, 5) is 14.5. The van der Waals surface area contributed by atoms with E-state index in [1.54, 1.807) is 6.20 Å². The third kappa shape index (κ3) is 3.05. The van der Waals surface area contributed by atoms with Crippen molar-refractivity contribution < 1.29 is 4.79 Å². The second kappa shape index (κ2) is 6.34. The van der Waals surface area contributed by atoms with E-state index in [-0.39, 0.29) is 5.91 Å². The minimum Gasteiger partial charge on any atom is -0.342 e. The zero-order valence-corrected chi connectivity index (χ0v) is 13.2. The van der Waals surface area contributed by atoms with E-state index in [0.717, 1.165) is 49.3 Å². The highest BCUT2D eigenvalue weighted by Gasteiger charge is 2.25. The normalized spacial score (nSPS) is 18.6. The fourth-order valence-electron chi connectivity index (χ4n) is 3.14. The number of aryl methyl sites for hydroxylation is 2. The van der Waals surface area contributed by atoms with Gasteiger partial charge in [0.1, 0.15) is 0 Å². The van der Waals surface area contributed by atoms with E-state index < -0.39 is 0 Å². The third-order valence-electron chi connectivity index (χ3n) is 4.68. The van der Waals surface area contributed by atoms with Gasteiger partial charge in [0.15, 0.2) is 0 Å². The number of rotatable bonds is 4. The number of hydrogen-bond acceptors (Lipinski definition) is 3. The number of H-pyrrole nitrogens is 1. The average molecular weight is 301 g/mol. The predicted octanol–water partition coefficient (Wildman–Crippen LogP) is 1.79. The molecule has 1 aliphatic rings. The van der Waals surface area contributed by atoms with Crippen LogP contribution in [0.2, 0.25) is 0 Å². The van der Waals surface area contributed by atoms with Gasteiger partial charge in [0.25, 0.3) is 0 Å². The van der Waals surface area contributed by atoms with Crippen LogP contribution in [-0.4, -0.2) is 43.9 Å². The van der Waals surface area contributed by atoms with Gasteiger partial charge in [0, 0.05) is 50.1 Å². The Kier molecular flexibility index (Phi) is 4.27. The van der Waals surface area contributed by atoms with Crippen molar-refractivity contribution in [1.29, 1.82) is 0 Å². The molecule has 1 saturated heterocycles. The maximum Gasteiger partial charge on any atom is 0.222 e. The number of aromatic nitrogens is 4. The molecule has 6 heteroatoms. The van der Waals surface area contributed by atoms with Crippen molar-refractivity contribution in [2.75, 3.05) is 13.1 Å². The smallest absolute Gasteiger partial charge is 0.222 e. The van der Waals surface area contributed by atoms with Crippen LogP contribution in [0.3, 0.4) is 0 Å². The fraction of sp³-hybridized carbons (Fsp3) is 0.562. The van der Waals surface area contributed by atoms with Gasteiger partial charge in [0.2, 0.25) is 5.91 Å². The first-order chi connectivity index (χ1) is 10.6. The Morgan fingerprint density at radius 2 is 2.36 bits per heavy atom. The summed E-state index contributed by atoms with van der Waals surface area (Å²) in [7, 11) is 1.93. The number of nitrogens with zero attached hydrogens (tertiary/aromatic N) is 4. The summed E-state index contributed by atoms with van der Waals surface area (Å²) in [6.07, 6.45) is 7.15. The summed E-state index contributed by atoms with van der Waals surface area (Å²) in [6.45, 7) is 3.71. The summed E-state index contributed by atoms with van der Waals surface area (Å²) in [5, 5.41) is 11.3. The van der Waals surface area contributed by atoms with Crippen molar-refractivity contribution >= 4 is 5.91 Å². The van der Waals surface area contributed by atoms with Crippen molar-refractivity contribution in [3.63, 3.8) is 0 Å². The zero-order chi connectivity index (χ0) is 15.5. The molecule has 0 aliphatic carbocycles. The summed E-state index contributed by atoms with van der Waals surface area (Å²) < 4.78 is 1.86. The van der Waals surface area contributed by atoms with E-state index >= 15 is 0 Å². The molecule has 1 aliphatic heterocycles. The Hall–Kier alpha value is -2.11. The lowest BCUT2D eigenvalue weighted by Gasteiger charge is -2.32. The van der Waals surface area contributed by atoms with Gasteiger partial charge in [-0.05, 0) is 37.8 Å². The summed E-state index contributed by atoms with van der Waals surface area (Å²) >= 11 is 0. The molecular weight excluding hydrogens is 278 g/mol. The Morgan fingerprint density at radius 3 is 3.05 bits per heavy atom. The molecule has 0 aromatic carbocycles. The van der Waals surface area contributed by atoms with Crippen LogP contribution in [0.25, 0.3) is 0 Å². The number of nitrogens with one attached hydrogen (secondary N) is 1. The van der Waals surface area contributed by atoms with E-state index in [1.165, 1.54) is 0 Å². The lowest BCUT2D eigenvalue weighted by atomic mass is 9.94. The lowest BCUT2D eigenvalue weighted by molar-refractivity contribution is -0.132. The molecule has 3 heterocycles. The number of hydrogen-bond donors (Lipinski definition) is 1. The van der Waals surface area contributed by atoms with E-state index in [0.29, 0.717) is 12.3 Å². The Morgan fingerprint density at radius 1 is 1.50 bits per heavy atom. The standard InChI is InChI=1S/C16H23N5O/c1-12-13(10-18-20(12)2)5-6-16(22)21-9-3-4-14(11-21)15-7-8-17-19-15/h7-8,10,14H,3-6,9,11H2,1-2H3,(H,17,19). The molecule has 2 aromatic rings. The van der Waals surface area contributed by atoms with Crippen molar-refractivity contribution in [3.8, 4) is 0 Å². The molecule has 6 nitrogen and oxygen atoms in total. The Balaban J connectivity index is 1.56. The molecule has 1 amide bonds. The Bertz CT molecular complexity index is 631. The number of amides is 1. The molecule has 1 atom stereocenters. The minimum atomic E-state index is 0.243.